The van der Waals surface area contributed by atoms with Gasteiger partial charge in [-0.15, -0.1) is 0 Å². The molecule has 3 rings (SSSR count). The number of H-pyrrole nitrogens is 1. The van der Waals surface area contributed by atoms with Crippen LogP contribution in [0.5, 0.6) is 0 Å². The number of hydrogen-bond acceptors (Lipinski definition) is 4. The number of aromatic nitrogens is 2. The van der Waals surface area contributed by atoms with Crippen LogP contribution in [0.2, 0.25) is 0 Å². The normalized spacial score (nSPS) is 16.0. The molecule has 0 amide bonds. The van der Waals surface area contributed by atoms with Gasteiger partial charge >= 0.3 is 5.69 Å². The molecule has 134 valence electrons. The largest absolute Gasteiger partial charge is 0.357 e. The van der Waals surface area contributed by atoms with Crippen LogP contribution >= 0.6 is 0 Å². The van der Waals surface area contributed by atoms with E-state index in [0.29, 0.717) is 37.6 Å². The summed E-state index contributed by atoms with van der Waals surface area (Å²) in [7, 11) is 1.42. The van der Waals surface area contributed by atoms with Gasteiger partial charge in [-0.3, -0.25) is 19.2 Å². The Hall–Kier alpha value is -2.48. The Kier molecular flexibility index (Phi) is 4.98. The summed E-state index contributed by atoms with van der Waals surface area (Å²) in [6.07, 6.45) is 0.806. The van der Waals surface area contributed by atoms with E-state index in [4.69, 9.17) is 0 Å². The van der Waals surface area contributed by atoms with Gasteiger partial charge in [-0.05, 0) is 12.5 Å². The highest BCUT2D eigenvalue weighted by Gasteiger charge is 2.18. The molecule has 1 N–H and O–H groups in total. The first-order valence-corrected chi connectivity index (χ1v) is 8.15. The van der Waals surface area contributed by atoms with Gasteiger partial charge in [-0.25, -0.2) is 13.6 Å². The number of nitrogens with one attached hydrogen (secondary N) is 1. The first-order chi connectivity index (χ1) is 11.9. The summed E-state index contributed by atoms with van der Waals surface area (Å²) in [5, 5.41) is 0. The smallest absolute Gasteiger partial charge is 0.329 e. The van der Waals surface area contributed by atoms with Crippen LogP contribution in [0.1, 0.15) is 12.0 Å². The van der Waals surface area contributed by atoms with Crippen LogP contribution in [0.4, 0.5) is 14.6 Å². The number of rotatable bonds is 3. The highest BCUT2D eigenvalue weighted by Crippen LogP contribution is 2.15. The fourth-order valence-electron chi connectivity index (χ4n) is 2.97. The fraction of sp³-hybridized carbons (Fsp3) is 0.412. The van der Waals surface area contributed by atoms with Gasteiger partial charge in [-0.2, -0.15) is 0 Å². The average molecular weight is 350 g/mol. The van der Waals surface area contributed by atoms with Crippen molar-refractivity contribution >= 4 is 5.82 Å². The van der Waals surface area contributed by atoms with Crippen molar-refractivity contribution in [2.45, 2.75) is 13.0 Å². The third-order valence-electron chi connectivity index (χ3n) is 4.47. The first-order valence-electron chi connectivity index (χ1n) is 8.15. The molecule has 0 unspecified atom stereocenters. The van der Waals surface area contributed by atoms with Crippen molar-refractivity contribution < 1.29 is 8.78 Å². The number of benzene rings is 1. The van der Waals surface area contributed by atoms with E-state index < -0.39 is 17.3 Å². The molecule has 1 aliphatic rings. The Morgan fingerprint density at radius 2 is 1.88 bits per heavy atom. The molecule has 6 nitrogen and oxygen atoms in total. The number of anilines is 1. The van der Waals surface area contributed by atoms with Gasteiger partial charge < -0.3 is 4.90 Å². The quantitative estimate of drug-likeness (QED) is 0.899. The minimum absolute atomic E-state index is 0.353. The third kappa shape index (κ3) is 3.96. The summed E-state index contributed by atoms with van der Waals surface area (Å²) in [5.74, 6) is -0.627. The zero-order chi connectivity index (χ0) is 18.0. The number of aromatic amines is 1. The van der Waals surface area contributed by atoms with E-state index in [1.165, 1.54) is 25.2 Å². The molecule has 0 atom stereocenters. The van der Waals surface area contributed by atoms with Crippen LogP contribution in [0.25, 0.3) is 0 Å². The molecule has 1 aromatic heterocycles. The summed E-state index contributed by atoms with van der Waals surface area (Å²) >= 11 is 0. The molecule has 1 saturated heterocycles. The van der Waals surface area contributed by atoms with Crippen molar-refractivity contribution in [3.63, 3.8) is 0 Å². The van der Waals surface area contributed by atoms with E-state index in [1.54, 1.807) is 0 Å². The predicted octanol–water partition coefficient (Wildman–Crippen LogP) is 1.06. The van der Waals surface area contributed by atoms with Crippen molar-refractivity contribution in [3.05, 3.63) is 62.3 Å². The summed E-state index contributed by atoms with van der Waals surface area (Å²) in [6.45, 7) is 3.08. The Bertz CT molecular complexity index is 846. The van der Waals surface area contributed by atoms with Crippen LogP contribution in [0.3, 0.4) is 0 Å². The summed E-state index contributed by atoms with van der Waals surface area (Å²) in [6, 6.07) is 5.03. The lowest BCUT2D eigenvalue weighted by atomic mass is 10.2. The minimum Gasteiger partial charge on any atom is -0.357 e. The van der Waals surface area contributed by atoms with Crippen molar-refractivity contribution in [1.82, 2.24) is 14.5 Å². The van der Waals surface area contributed by atoms with Crippen LogP contribution in [0.15, 0.2) is 33.9 Å². The van der Waals surface area contributed by atoms with Gasteiger partial charge in [0.05, 0.1) is 0 Å². The maximum atomic E-state index is 13.8. The van der Waals surface area contributed by atoms with Gasteiger partial charge in [0.15, 0.2) is 0 Å². The monoisotopic (exact) mass is 350 g/mol. The lowest BCUT2D eigenvalue weighted by Crippen LogP contribution is -2.37. The highest BCUT2D eigenvalue weighted by atomic mass is 19.1. The zero-order valence-corrected chi connectivity index (χ0v) is 14.0. The number of halogens is 2. The lowest BCUT2D eigenvalue weighted by Gasteiger charge is -2.23. The standard InChI is InChI=1S/C17H20F2N4O2/c1-21-16(24)10-15(20-17(21)25)23-6-2-5-22(7-8-23)11-12-3-4-13(18)9-14(12)19/h3-4,9-10H,2,5-8,11H2,1H3,(H,20,25). The van der Waals surface area contributed by atoms with E-state index in [1.807, 2.05) is 4.90 Å². The minimum atomic E-state index is -0.585. The molecule has 25 heavy (non-hydrogen) atoms. The zero-order valence-electron chi connectivity index (χ0n) is 14.0. The van der Waals surface area contributed by atoms with Crippen LogP contribution in [-0.4, -0.2) is 40.6 Å². The summed E-state index contributed by atoms with van der Waals surface area (Å²) in [4.78, 5) is 30.3. The molecule has 0 spiro atoms. The molecule has 2 heterocycles. The Balaban J connectivity index is 1.70. The first kappa shape index (κ1) is 17.3. The van der Waals surface area contributed by atoms with Gasteiger partial charge in [0, 0.05) is 57.5 Å². The molecule has 0 bridgehead atoms. The maximum Gasteiger partial charge on any atom is 0.329 e. The SMILES string of the molecule is Cn1c(=O)cc(N2CCCN(Cc3ccc(F)cc3F)CC2)[nH]c1=O. The van der Waals surface area contributed by atoms with E-state index in [-0.39, 0.29) is 5.56 Å². The second kappa shape index (κ2) is 7.18. The molecule has 8 heteroatoms. The average Bonchev–Trinajstić information content (AvgIpc) is 2.80. The van der Waals surface area contributed by atoms with E-state index in [2.05, 4.69) is 9.88 Å². The van der Waals surface area contributed by atoms with Crippen molar-refractivity contribution in [1.29, 1.82) is 0 Å². The lowest BCUT2D eigenvalue weighted by molar-refractivity contribution is 0.281. The second-order valence-electron chi connectivity index (χ2n) is 6.21. The van der Waals surface area contributed by atoms with E-state index in [9.17, 15) is 18.4 Å². The molecule has 1 fully saturated rings. The van der Waals surface area contributed by atoms with Crippen LogP contribution in [0, 0.1) is 11.6 Å². The summed E-state index contributed by atoms with van der Waals surface area (Å²) in [5.41, 5.74) is -0.345. The highest BCUT2D eigenvalue weighted by molar-refractivity contribution is 5.36. The summed E-state index contributed by atoms with van der Waals surface area (Å²) < 4.78 is 27.8. The molecule has 0 saturated carbocycles. The molecule has 1 aromatic carbocycles. The van der Waals surface area contributed by atoms with E-state index in [0.717, 1.165) is 23.6 Å². The molecule has 0 aliphatic carbocycles. The Morgan fingerprint density at radius 1 is 1.08 bits per heavy atom. The van der Waals surface area contributed by atoms with Gasteiger partial charge in [0.2, 0.25) is 0 Å². The maximum absolute atomic E-state index is 13.8. The number of nitrogens with zero attached hydrogens (tertiary/aromatic N) is 3. The molecule has 0 radical (unpaired) electrons. The van der Waals surface area contributed by atoms with Crippen LogP contribution < -0.4 is 16.1 Å². The van der Waals surface area contributed by atoms with Gasteiger partial charge in [0.1, 0.15) is 17.5 Å². The molecular formula is C17H20F2N4O2. The van der Waals surface area contributed by atoms with Gasteiger partial charge in [-0.1, -0.05) is 6.07 Å². The number of hydrogen-bond donors (Lipinski definition) is 1. The molecular weight excluding hydrogens is 330 g/mol. The molecule has 2 aromatic rings. The van der Waals surface area contributed by atoms with Crippen molar-refractivity contribution in [2.75, 3.05) is 31.1 Å². The Labute approximate surface area is 143 Å². The molecule has 1 aliphatic heterocycles. The topological polar surface area (TPSA) is 61.3 Å². The van der Waals surface area contributed by atoms with Gasteiger partial charge in [0.25, 0.3) is 5.56 Å². The van der Waals surface area contributed by atoms with E-state index >= 15 is 0 Å². The van der Waals surface area contributed by atoms with Crippen LogP contribution in [-0.2, 0) is 13.6 Å². The predicted molar refractivity (Wildman–Crippen MR) is 90.8 cm³/mol. The second-order valence-corrected chi connectivity index (χ2v) is 6.21. The van der Waals surface area contributed by atoms with Crippen molar-refractivity contribution in [2.24, 2.45) is 7.05 Å². The van der Waals surface area contributed by atoms with Crippen molar-refractivity contribution in [3.8, 4) is 0 Å². The fourth-order valence-corrected chi connectivity index (χ4v) is 2.97. The third-order valence-corrected chi connectivity index (χ3v) is 4.47. The Morgan fingerprint density at radius 3 is 2.60 bits per heavy atom.